The van der Waals surface area contributed by atoms with E-state index in [-0.39, 0.29) is 0 Å². The van der Waals surface area contributed by atoms with Crippen LogP contribution in [0.25, 0.3) is 0 Å². The van der Waals surface area contributed by atoms with E-state index < -0.39 is 23.4 Å². The van der Waals surface area contributed by atoms with Gasteiger partial charge in [-0.05, 0) is 32.8 Å². The highest BCUT2D eigenvalue weighted by molar-refractivity contribution is 7.16. The standard InChI is InChI=1S/C15H19N5O4S/c1-15(2,3)24-14(22)20-5-4-8-9(6-16)13(25-10(8)7-20)18-12(21)11(17)19-23/h23H,4-5,7H2,1-3H3,(H2,17,19)(H,18,21). The van der Waals surface area contributed by atoms with Gasteiger partial charge in [-0.15, -0.1) is 11.3 Å². The molecule has 0 spiro atoms. The van der Waals surface area contributed by atoms with Gasteiger partial charge in [0.05, 0.1) is 12.1 Å². The molecule has 4 N–H and O–H groups in total. The van der Waals surface area contributed by atoms with Crippen molar-refractivity contribution in [3.05, 3.63) is 16.0 Å². The Bertz CT molecular complexity index is 772. The summed E-state index contributed by atoms with van der Waals surface area (Å²) in [4.78, 5) is 26.3. The average molecular weight is 365 g/mol. The maximum Gasteiger partial charge on any atom is 0.410 e. The lowest BCUT2D eigenvalue weighted by atomic mass is 10.0. The van der Waals surface area contributed by atoms with E-state index in [9.17, 15) is 14.9 Å². The van der Waals surface area contributed by atoms with Gasteiger partial charge in [-0.3, -0.25) is 4.79 Å². The molecule has 0 fully saturated rings. The number of anilines is 1. The fourth-order valence-corrected chi connectivity index (χ4v) is 3.51. The van der Waals surface area contributed by atoms with Crippen LogP contribution in [0.1, 0.15) is 36.8 Å². The molecule has 1 aliphatic rings. The Morgan fingerprint density at radius 3 is 2.72 bits per heavy atom. The van der Waals surface area contributed by atoms with Gasteiger partial charge in [-0.2, -0.15) is 5.26 Å². The highest BCUT2D eigenvalue weighted by Crippen LogP contribution is 2.36. The molecule has 0 bridgehead atoms. The molecule has 2 heterocycles. The largest absolute Gasteiger partial charge is 0.444 e. The number of fused-ring (bicyclic) bond motifs is 1. The molecule has 1 aliphatic heterocycles. The Labute approximate surface area is 148 Å². The van der Waals surface area contributed by atoms with Crippen LogP contribution in [0.5, 0.6) is 0 Å². The van der Waals surface area contributed by atoms with Crippen LogP contribution in [-0.2, 0) is 22.5 Å². The average Bonchev–Trinajstić information content (AvgIpc) is 2.88. The van der Waals surface area contributed by atoms with Crippen LogP contribution in [0.15, 0.2) is 5.16 Å². The maximum absolute atomic E-state index is 12.2. The highest BCUT2D eigenvalue weighted by atomic mass is 32.1. The molecule has 134 valence electrons. The van der Waals surface area contributed by atoms with Crippen molar-refractivity contribution in [2.75, 3.05) is 11.9 Å². The van der Waals surface area contributed by atoms with E-state index in [0.29, 0.717) is 30.1 Å². The van der Waals surface area contributed by atoms with Gasteiger partial charge < -0.3 is 25.9 Å². The number of nitrogens with zero attached hydrogens (tertiary/aromatic N) is 3. The van der Waals surface area contributed by atoms with E-state index in [4.69, 9.17) is 15.7 Å². The summed E-state index contributed by atoms with van der Waals surface area (Å²) in [5.41, 5.74) is 5.78. The third-order valence-electron chi connectivity index (χ3n) is 3.39. The van der Waals surface area contributed by atoms with Gasteiger partial charge in [0.25, 0.3) is 5.91 Å². The van der Waals surface area contributed by atoms with Gasteiger partial charge in [0.15, 0.2) is 0 Å². The zero-order valence-corrected chi connectivity index (χ0v) is 14.9. The first kappa shape index (κ1) is 18.5. The summed E-state index contributed by atoms with van der Waals surface area (Å²) in [5, 5.41) is 23.3. The molecule has 1 aromatic rings. The van der Waals surface area contributed by atoms with Crippen LogP contribution < -0.4 is 11.1 Å². The predicted molar refractivity (Wildman–Crippen MR) is 91.4 cm³/mol. The van der Waals surface area contributed by atoms with Crippen molar-refractivity contribution in [1.82, 2.24) is 4.90 Å². The zero-order chi connectivity index (χ0) is 18.8. The number of nitrogens with two attached hydrogens (primary N) is 1. The predicted octanol–water partition coefficient (Wildman–Crippen LogP) is 1.60. The number of thiophene rings is 1. The molecule has 2 amide bonds. The van der Waals surface area contributed by atoms with Crippen molar-refractivity contribution >= 4 is 34.2 Å². The topological polar surface area (TPSA) is 141 Å². The first-order valence-electron chi connectivity index (χ1n) is 7.47. The number of hydrogen-bond acceptors (Lipinski definition) is 7. The summed E-state index contributed by atoms with van der Waals surface area (Å²) in [6.07, 6.45) is 0.0558. The number of amidine groups is 1. The molecule has 2 rings (SSSR count). The van der Waals surface area contributed by atoms with Crippen LogP contribution in [0, 0.1) is 11.3 Å². The van der Waals surface area contributed by atoms with Gasteiger partial charge in [-0.1, -0.05) is 5.16 Å². The van der Waals surface area contributed by atoms with E-state index in [1.165, 1.54) is 11.3 Å². The molecule has 9 nitrogen and oxygen atoms in total. The molecule has 0 saturated heterocycles. The zero-order valence-electron chi connectivity index (χ0n) is 14.1. The van der Waals surface area contributed by atoms with Crippen molar-refractivity contribution < 1.29 is 19.5 Å². The Morgan fingerprint density at radius 1 is 1.48 bits per heavy atom. The molecule has 0 radical (unpaired) electrons. The number of ether oxygens (including phenoxy) is 1. The number of amides is 2. The monoisotopic (exact) mass is 365 g/mol. The molecular formula is C15H19N5O4S. The molecule has 0 aromatic carbocycles. The van der Waals surface area contributed by atoms with Crippen LogP contribution >= 0.6 is 11.3 Å². The molecule has 0 unspecified atom stereocenters. The van der Waals surface area contributed by atoms with E-state index in [1.807, 2.05) is 0 Å². The van der Waals surface area contributed by atoms with Crippen molar-refractivity contribution in [3.63, 3.8) is 0 Å². The second-order valence-electron chi connectivity index (χ2n) is 6.41. The summed E-state index contributed by atoms with van der Waals surface area (Å²) in [5.74, 6) is -1.41. The molecule has 25 heavy (non-hydrogen) atoms. The highest BCUT2D eigenvalue weighted by Gasteiger charge is 2.30. The molecule has 0 atom stereocenters. The van der Waals surface area contributed by atoms with Gasteiger partial charge in [0, 0.05) is 11.4 Å². The minimum absolute atomic E-state index is 0.295. The normalized spacial score (nSPS) is 14.5. The first-order chi connectivity index (χ1) is 11.7. The minimum atomic E-state index is -0.804. The lowest BCUT2D eigenvalue weighted by molar-refractivity contribution is -0.110. The summed E-state index contributed by atoms with van der Waals surface area (Å²) in [6.45, 7) is 6.09. The fourth-order valence-electron chi connectivity index (χ4n) is 2.30. The smallest absolute Gasteiger partial charge is 0.410 e. The number of hydrogen-bond donors (Lipinski definition) is 3. The van der Waals surface area contributed by atoms with Crippen LogP contribution in [-0.4, -0.2) is 40.1 Å². The van der Waals surface area contributed by atoms with E-state index >= 15 is 0 Å². The summed E-state index contributed by atoms with van der Waals surface area (Å²) in [7, 11) is 0. The van der Waals surface area contributed by atoms with Crippen molar-refractivity contribution in [2.45, 2.75) is 39.3 Å². The van der Waals surface area contributed by atoms with Crippen molar-refractivity contribution in [3.8, 4) is 6.07 Å². The SMILES string of the molecule is CC(C)(C)OC(=O)N1CCc2c(sc(NC(=O)/C(N)=N/O)c2C#N)C1. The maximum atomic E-state index is 12.2. The summed E-state index contributed by atoms with van der Waals surface area (Å²) >= 11 is 1.19. The van der Waals surface area contributed by atoms with Crippen LogP contribution in [0.4, 0.5) is 9.80 Å². The van der Waals surface area contributed by atoms with Gasteiger partial charge >= 0.3 is 6.09 Å². The number of oxime groups is 1. The number of carbonyl (C=O) groups is 2. The van der Waals surface area contributed by atoms with Gasteiger partial charge in [0.2, 0.25) is 5.84 Å². The number of nitrogens with one attached hydrogen (secondary N) is 1. The van der Waals surface area contributed by atoms with E-state index in [2.05, 4.69) is 16.5 Å². The molecule has 1 aromatic heterocycles. The fraction of sp³-hybridized carbons (Fsp3) is 0.467. The second kappa shape index (κ2) is 6.98. The number of nitriles is 1. The molecular weight excluding hydrogens is 346 g/mol. The van der Waals surface area contributed by atoms with Crippen LogP contribution in [0.2, 0.25) is 0 Å². The first-order valence-corrected chi connectivity index (χ1v) is 8.29. The number of carbonyl (C=O) groups excluding carboxylic acids is 2. The quantitative estimate of drug-likeness (QED) is 0.299. The van der Waals surface area contributed by atoms with Gasteiger partial charge in [-0.25, -0.2) is 4.79 Å². The lowest BCUT2D eigenvalue weighted by Gasteiger charge is -2.29. The lowest BCUT2D eigenvalue weighted by Crippen LogP contribution is -2.39. The van der Waals surface area contributed by atoms with Crippen molar-refractivity contribution in [1.29, 1.82) is 5.26 Å². The Morgan fingerprint density at radius 2 is 2.16 bits per heavy atom. The van der Waals surface area contributed by atoms with Crippen LogP contribution in [0.3, 0.4) is 0 Å². The molecule has 10 heteroatoms. The van der Waals surface area contributed by atoms with Gasteiger partial charge in [0.1, 0.15) is 16.7 Å². The Hall–Kier alpha value is -2.80. The van der Waals surface area contributed by atoms with E-state index in [1.54, 1.807) is 25.7 Å². The Kier molecular flexibility index (Phi) is 5.18. The third-order valence-corrected chi connectivity index (χ3v) is 4.52. The van der Waals surface area contributed by atoms with E-state index in [0.717, 1.165) is 10.4 Å². The third kappa shape index (κ3) is 4.19. The summed E-state index contributed by atoms with van der Waals surface area (Å²) in [6, 6.07) is 2.07. The molecule has 0 saturated carbocycles. The molecule has 0 aliphatic carbocycles. The van der Waals surface area contributed by atoms with Crippen molar-refractivity contribution in [2.24, 2.45) is 10.9 Å². The number of rotatable bonds is 1. The Balaban J connectivity index is 2.22. The second-order valence-corrected chi connectivity index (χ2v) is 7.52. The minimum Gasteiger partial charge on any atom is -0.444 e. The summed E-state index contributed by atoms with van der Waals surface area (Å²) < 4.78 is 5.36.